The van der Waals surface area contributed by atoms with Gasteiger partial charge in [0.05, 0.1) is 21.6 Å². The number of alkyl halides is 2. The first-order chi connectivity index (χ1) is 9.13. The Labute approximate surface area is 162 Å². The van der Waals surface area contributed by atoms with Crippen molar-refractivity contribution in [1.82, 2.24) is 0 Å². The van der Waals surface area contributed by atoms with E-state index in [2.05, 4.69) is 31.9 Å². The van der Waals surface area contributed by atoms with Crippen molar-refractivity contribution in [2.45, 2.75) is 14.4 Å². The van der Waals surface area contributed by atoms with E-state index in [1.165, 1.54) is 24.3 Å². The predicted molar refractivity (Wildman–Crippen MR) is 79.9 cm³/mol. The molecule has 0 unspecified atom stereocenters. The van der Waals surface area contributed by atoms with Crippen LogP contribution in [0, 0.1) is 0 Å². The van der Waals surface area contributed by atoms with Gasteiger partial charge in [0.1, 0.15) is 5.75 Å². The third kappa shape index (κ3) is 7.78. The van der Waals surface area contributed by atoms with Gasteiger partial charge in [-0.25, -0.2) is 16.8 Å². The first kappa shape index (κ1) is 21.8. The molecule has 0 atom stereocenters. The molecule has 0 aromatic heterocycles. The van der Waals surface area contributed by atoms with Crippen LogP contribution >= 0.6 is 31.9 Å². The molecule has 0 aliphatic carbocycles. The summed E-state index contributed by atoms with van der Waals surface area (Å²) in [5.74, 6) is -0.0955. The third-order valence-corrected chi connectivity index (χ3v) is 7.33. The van der Waals surface area contributed by atoms with Crippen LogP contribution < -0.4 is 34.3 Å². The van der Waals surface area contributed by atoms with Crippen molar-refractivity contribution in [2.24, 2.45) is 0 Å². The molecule has 0 fully saturated rings. The number of sulfone groups is 1. The molecular weight excluding hydrogens is 463 g/mol. The molecule has 0 N–H and O–H groups in total. The van der Waals surface area contributed by atoms with Gasteiger partial charge in [-0.1, -0.05) is 31.9 Å². The summed E-state index contributed by atoms with van der Waals surface area (Å²) in [4.78, 5) is 0.116. The molecule has 0 saturated carbocycles. The number of rotatable bonds is 7. The Morgan fingerprint density at radius 3 is 2.05 bits per heavy atom. The van der Waals surface area contributed by atoms with Crippen LogP contribution in [-0.4, -0.2) is 36.8 Å². The standard InChI is InChI=1S/C10H12Br2O6S2.Na/c11-10(12)20(16,17)9-4-2-8(3-5-9)18-6-1-7-19(13,14)15;/h2-5,10H,1,6-7H2,(H,13,14,15);/q;+1/p-1. The molecule has 1 aromatic rings. The Morgan fingerprint density at radius 2 is 1.62 bits per heavy atom. The Kier molecular flexibility index (Phi) is 9.58. The molecular formula is C10H11Br2NaO6S2. The molecule has 0 spiro atoms. The van der Waals surface area contributed by atoms with E-state index >= 15 is 0 Å². The minimum Gasteiger partial charge on any atom is -0.748 e. The van der Waals surface area contributed by atoms with Gasteiger partial charge >= 0.3 is 29.6 Å². The van der Waals surface area contributed by atoms with Gasteiger partial charge in [-0.3, -0.25) is 0 Å². The molecule has 1 aromatic carbocycles. The van der Waals surface area contributed by atoms with Crippen LogP contribution in [0.25, 0.3) is 0 Å². The zero-order chi connectivity index (χ0) is 15.4. The van der Waals surface area contributed by atoms with Crippen LogP contribution in [0.1, 0.15) is 6.42 Å². The SMILES string of the molecule is O=S(=O)([O-])CCCOc1ccc(S(=O)(=O)C(Br)Br)cc1.[Na+]. The summed E-state index contributed by atoms with van der Waals surface area (Å²) in [6.07, 6.45) is 0.0801. The molecule has 21 heavy (non-hydrogen) atoms. The fourth-order valence-electron chi connectivity index (χ4n) is 1.25. The topological polar surface area (TPSA) is 101 Å². The molecule has 0 heterocycles. The Bertz CT molecular complexity index is 643. The summed E-state index contributed by atoms with van der Waals surface area (Å²) in [5.41, 5.74) is 0. The van der Waals surface area contributed by atoms with Gasteiger partial charge in [-0.05, 0) is 30.7 Å². The minimum absolute atomic E-state index is 0. The van der Waals surface area contributed by atoms with Crippen molar-refractivity contribution in [3.05, 3.63) is 24.3 Å². The smallest absolute Gasteiger partial charge is 0.748 e. The number of hydrogen-bond acceptors (Lipinski definition) is 6. The molecule has 0 aliphatic heterocycles. The van der Waals surface area contributed by atoms with Crippen molar-refractivity contribution >= 4 is 51.8 Å². The quantitative estimate of drug-likeness (QED) is 0.214. The van der Waals surface area contributed by atoms with Crippen LogP contribution in [0.4, 0.5) is 0 Å². The van der Waals surface area contributed by atoms with E-state index in [1.807, 2.05) is 0 Å². The van der Waals surface area contributed by atoms with Crippen molar-refractivity contribution < 1.29 is 55.7 Å². The molecule has 11 heteroatoms. The van der Waals surface area contributed by atoms with Gasteiger partial charge < -0.3 is 9.29 Å². The first-order valence-corrected chi connectivity index (χ1v) is 10.3. The fraction of sp³-hybridized carbons (Fsp3) is 0.400. The summed E-state index contributed by atoms with van der Waals surface area (Å²) in [7, 11) is -7.71. The number of halogens is 2. The normalized spacial score (nSPS) is 12.0. The third-order valence-electron chi connectivity index (χ3n) is 2.19. The second kappa shape index (κ2) is 9.21. The van der Waals surface area contributed by atoms with E-state index in [1.54, 1.807) is 0 Å². The zero-order valence-electron chi connectivity index (χ0n) is 11.0. The van der Waals surface area contributed by atoms with Crippen molar-refractivity contribution in [1.29, 1.82) is 0 Å². The fourth-order valence-corrected chi connectivity index (χ4v) is 3.74. The maximum Gasteiger partial charge on any atom is 1.00 e. The number of hydrogen-bond donors (Lipinski definition) is 0. The summed E-state index contributed by atoms with van der Waals surface area (Å²) in [5, 5.41) is 0. The van der Waals surface area contributed by atoms with Crippen LogP contribution in [0.3, 0.4) is 0 Å². The van der Waals surface area contributed by atoms with Gasteiger partial charge in [0, 0.05) is 5.75 Å². The van der Waals surface area contributed by atoms with Crippen LogP contribution in [-0.2, 0) is 20.0 Å². The number of ether oxygens (including phenoxy) is 1. The predicted octanol–water partition coefficient (Wildman–Crippen LogP) is -1.15. The van der Waals surface area contributed by atoms with Crippen LogP contribution in [0.15, 0.2) is 29.2 Å². The van der Waals surface area contributed by atoms with E-state index in [0.29, 0.717) is 5.75 Å². The molecule has 0 bridgehead atoms. The van der Waals surface area contributed by atoms with E-state index in [9.17, 15) is 21.4 Å². The first-order valence-electron chi connectivity index (χ1n) is 5.31. The second-order valence-corrected chi connectivity index (χ2v) is 11.6. The average Bonchev–Trinajstić information content (AvgIpc) is 2.34. The summed E-state index contributed by atoms with van der Waals surface area (Å²) in [6, 6.07) is 5.68. The summed E-state index contributed by atoms with van der Waals surface area (Å²) >= 11 is 5.86. The van der Waals surface area contributed by atoms with Gasteiger partial charge in [0.15, 0.2) is 3.07 Å². The van der Waals surface area contributed by atoms with Crippen LogP contribution in [0.5, 0.6) is 5.75 Å². The molecule has 0 amide bonds. The van der Waals surface area contributed by atoms with E-state index in [-0.39, 0.29) is 47.5 Å². The van der Waals surface area contributed by atoms with Crippen molar-refractivity contribution in [3.63, 3.8) is 0 Å². The largest absolute Gasteiger partial charge is 1.00 e. The maximum absolute atomic E-state index is 11.8. The monoisotopic (exact) mass is 472 g/mol. The molecule has 6 nitrogen and oxygen atoms in total. The van der Waals surface area contributed by atoms with Gasteiger partial charge in [0.2, 0.25) is 9.84 Å². The zero-order valence-corrected chi connectivity index (χ0v) is 17.8. The molecule has 0 saturated heterocycles. The van der Waals surface area contributed by atoms with Gasteiger partial charge in [-0.2, -0.15) is 0 Å². The Morgan fingerprint density at radius 1 is 1.10 bits per heavy atom. The Hall–Kier alpha value is 0.840. The van der Waals surface area contributed by atoms with E-state index in [4.69, 9.17) is 4.74 Å². The molecule has 114 valence electrons. The number of benzene rings is 1. The van der Waals surface area contributed by atoms with Crippen molar-refractivity contribution in [2.75, 3.05) is 12.4 Å². The second-order valence-electron chi connectivity index (χ2n) is 3.74. The molecule has 0 aliphatic rings. The average molecular weight is 474 g/mol. The van der Waals surface area contributed by atoms with E-state index < -0.39 is 28.8 Å². The van der Waals surface area contributed by atoms with Crippen molar-refractivity contribution in [3.8, 4) is 5.75 Å². The van der Waals surface area contributed by atoms with E-state index in [0.717, 1.165) is 0 Å². The molecule has 1 rings (SSSR count). The van der Waals surface area contributed by atoms with Crippen LogP contribution in [0.2, 0.25) is 0 Å². The summed E-state index contributed by atoms with van der Waals surface area (Å²) in [6.45, 7) is 0.0626. The maximum atomic E-state index is 11.8. The van der Waals surface area contributed by atoms with Gasteiger partial charge in [0.25, 0.3) is 0 Å². The van der Waals surface area contributed by atoms with Gasteiger partial charge in [-0.15, -0.1) is 0 Å². The molecule has 0 radical (unpaired) electrons. The summed E-state index contributed by atoms with van der Waals surface area (Å²) < 4.78 is 59.0. The minimum atomic E-state index is -4.23. The Balaban J connectivity index is 0.00000400.